The molecule has 10 nitrogen and oxygen atoms in total. The van der Waals surface area contributed by atoms with E-state index < -0.39 is 33.8 Å². The molecule has 0 aliphatic heterocycles. The van der Waals surface area contributed by atoms with Crippen LogP contribution in [0.2, 0.25) is 0 Å². The summed E-state index contributed by atoms with van der Waals surface area (Å²) in [5.41, 5.74) is -0.888. The number of ether oxygens (including phenoxy) is 2. The van der Waals surface area contributed by atoms with Crippen molar-refractivity contribution in [1.82, 2.24) is 14.8 Å². The highest BCUT2D eigenvalue weighted by Crippen LogP contribution is 2.36. The summed E-state index contributed by atoms with van der Waals surface area (Å²) in [6.45, 7) is 1.47. The number of nitrogens with zero attached hydrogens (tertiary/aromatic N) is 4. The minimum absolute atomic E-state index is 0.00511. The van der Waals surface area contributed by atoms with Crippen molar-refractivity contribution >= 4 is 27.7 Å². The molecule has 0 amide bonds. The predicted octanol–water partition coefficient (Wildman–Crippen LogP) is 3.75. The highest BCUT2D eigenvalue weighted by atomic mass is 79.9. The van der Waals surface area contributed by atoms with Crippen molar-refractivity contribution in [3.05, 3.63) is 84.2 Å². The number of hydrogen-bond donors (Lipinski definition) is 0. The Morgan fingerprint density at radius 1 is 1.32 bits per heavy atom. The molecule has 2 aromatic heterocycles. The molecule has 0 unspecified atom stereocenters. The third-order valence-electron chi connectivity index (χ3n) is 4.11. The lowest BCUT2D eigenvalue weighted by Crippen LogP contribution is -2.32. The second kappa shape index (κ2) is 9.00. The van der Waals surface area contributed by atoms with Gasteiger partial charge in [0, 0.05) is 28.7 Å². The fourth-order valence-corrected chi connectivity index (χ4v) is 3.05. The highest BCUT2D eigenvalue weighted by Gasteiger charge is 2.24. The molecule has 0 N–H and O–H groups in total. The first-order valence-corrected chi connectivity index (χ1v) is 9.43. The molecule has 160 valence electrons. The zero-order chi connectivity index (χ0) is 22.7. The summed E-state index contributed by atoms with van der Waals surface area (Å²) in [6, 6.07) is 5.17. The van der Waals surface area contributed by atoms with E-state index in [1.807, 2.05) is 0 Å². The molecule has 0 aliphatic rings. The molecule has 0 saturated heterocycles. The number of methoxy groups -OCH3 is 1. The lowest BCUT2D eigenvalue weighted by Gasteiger charge is -2.11. The molecule has 2 heterocycles. The van der Waals surface area contributed by atoms with Gasteiger partial charge in [0.05, 0.1) is 23.9 Å². The molecule has 1 aromatic carbocycles. The minimum Gasteiger partial charge on any atom is -0.451 e. The zero-order valence-electron chi connectivity index (χ0n) is 16.2. The zero-order valence-corrected chi connectivity index (χ0v) is 17.8. The van der Waals surface area contributed by atoms with Gasteiger partial charge in [-0.2, -0.15) is 5.10 Å². The van der Waals surface area contributed by atoms with E-state index in [0.29, 0.717) is 9.15 Å². The van der Waals surface area contributed by atoms with Crippen LogP contribution < -0.4 is 10.3 Å². The predicted molar refractivity (Wildman–Crippen MR) is 109 cm³/mol. The van der Waals surface area contributed by atoms with Crippen molar-refractivity contribution in [1.29, 1.82) is 0 Å². The second-order valence-electron chi connectivity index (χ2n) is 6.27. The van der Waals surface area contributed by atoms with E-state index in [1.54, 1.807) is 0 Å². The molecular weight excluding hydrogens is 479 g/mol. The first-order valence-electron chi connectivity index (χ1n) is 8.63. The SMILES string of the molecule is COC(=O)n1nc(Cc2ccc([N+](=O)[O-])c(Oc3cncc(Br)c3)c2F)cc(C)c1=O. The number of rotatable bonds is 5. The molecule has 0 spiro atoms. The summed E-state index contributed by atoms with van der Waals surface area (Å²) in [4.78, 5) is 38.3. The smallest absolute Gasteiger partial charge is 0.437 e. The monoisotopic (exact) mass is 492 g/mol. The number of benzene rings is 1. The van der Waals surface area contributed by atoms with Gasteiger partial charge < -0.3 is 9.47 Å². The fourth-order valence-electron chi connectivity index (χ4n) is 2.70. The van der Waals surface area contributed by atoms with Gasteiger partial charge in [-0.05, 0) is 46.6 Å². The van der Waals surface area contributed by atoms with Gasteiger partial charge in [0.15, 0.2) is 5.82 Å². The van der Waals surface area contributed by atoms with Crippen molar-refractivity contribution in [2.24, 2.45) is 0 Å². The summed E-state index contributed by atoms with van der Waals surface area (Å²) < 4.78 is 26.2. The number of nitro groups is 1. The normalized spacial score (nSPS) is 10.6. The van der Waals surface area contributed by atoms with Crippen LogP contribution in [0, 0.1) is 22.9 Å². The van der Waals surface area contributed by atoms with Gasteiger partial charge in [-0.15, -0.1) is 4.68 Å². The molecule has 0 bridgehead atoms. The molecule has 0 fully saturated rings. The van der Waals surface area contributed by atoms with Gasteiger partial charge in [0.2, 0.25) is 5.75 Å². The highest BCUT2D eigenvalue weighted by molar-refractivity contribution is 9.10. The Balaban J connectivity index is 2.05. The largest absolute Gasteiger partial charge is 0.451 e. The van der Waals surface area contributed by atoms with Crippen LogP contribution in [0.15, 0.2) is 45.9 Å². The summed E-state index contributed by atoms with van der Waals surface area (Å²) >= 11 is 3.19. The Kier molecular flexibility index (Phi) is 6.39. The molecule has 0 aliphatic carbocycles. The van der Waals surface area contributed by atoms with Crippen molar-refractivity contribution in [2.75, 3.05) is 7.11 Å². The number of aryl methyl sites for hydroxylation is 1. The van der Waals surface area contributed by atoms with E-state index in [9.17, 15) is 19.7 Å². The van der Waals surface area contributed by atoms with Crippen LogP contribution in [0.5, 0.6) is 11.5 Å². The molecular formula is C19H14BrFN4O6. The first-order chi connectivity index (χ1) is 14.7. The third kappa shape index (κ3) is 4.74. The third-order valence-corrected chi connectivity index (χ3v) is 4.55. The van der Waals surface area contributed by atoms with Gasteiger partial charge in [-0.25, -0.2) is 9.18 Å². The minimum atomic E-state index is -0.995. The van der Waals surface area contributed by atoms with Crippen molar-refractivity contribution < 1.29 is 23.6 Å². The van der Waals surface area contributed by atoms with E-state index in [0.717, 1.165) is 13.2 Å². The van der Waals surface area contributed by atoms with E-state index >= 15 is 4.39 Å². The molecule has 12 heteroatoms. The van der Waals surface area contributed by atoms with Crippen LogP contribution in [0.25, 0.3) is 0 Å². The maximum atomic E-state index is 15.2. The maximum Gasteiger partial charge on any atom is 0.437 e. The van der Waals surface area contributed by atoms with E-state index in [-0.39, 0.29) is 29.0 Å². The summed E-state index contributed by atoms with van der Waals surface area (Å²) in [5.74, 6) is -1.49. The number of halogens is 2. The number of hydrogen-bond acceptors (Lipinski definition) is 8. The van der Waals surface area contributed by atoms with Crippen LogP contribution in [-0.4, -0.2) is 32.9 Å². The number of carbonyl (C=O) groups is 1. The lowest BCUT2D eigenvalue weighted by molar-refractivity contribution is -0.385. The molecule has 3 rings (SSSR count). The molecule has 0 saturated carbocycles. The Labute approximate surface area is 182 Å². The maximum absolute atomic E-state index is 15.2. The molecule has 0 radical (unpaired) electrons. The Morgan fingerprint density at radius 2 is 2.06 bits per heavy atom. The quantitative estimate of drug-likeness (QED) is 0.389. The van der Waals surface area contributed by atoms with Crippen LogP contribution in [0.4, 0.5) is 14.9 Å². The standard InChI is InChI=1S/C19H14BrFN4O6/c1-10-5-13(23-24(18(10)26)19(27)30-2)6-11-3-4-15(25(28)29)17(16(11)21)31-14-7-12(20)8-22-9-14/h3-5,7-9H,6H2,1-2H3. The Morgan fingerprint density at radius 3 is 2.71 bits per heavy atom. The van der Waals surface area contributed by atoms with Gasteiger partial charge in [0.25, 0.3) is 5.56 Å². The number of carbonyl (C=O) groups excluding carboxylic acids is 1. The van der Waals surface area contributed by atoms with Crippen LogP contribution in [0.3, 0.4) is 0 Å². The number of aromatic nitrogens is 3. The average molecular weight is 493 g/mol. The van der Waals surface area contributed by atoms with Crippen molar-refractivity contribution in [2.45, 2.75) is 13.3 Å². The van der Waals surface area contributed by atoms with Crippen molar-refractivity contribution in [3.8, 4) is 11.5 Å². The van der Waals surface area contributed by atoms with Gasteiger partial charge in [0.1, 0.15) is 5.75 Å². The van der Waals surface area contributed by atoms with E-state index in [1.165, 1.54) is 37.5 Å². The van der Waals surface area contributed by atoms with Crippen LogP contribution in [-0.2, 0) is 11.2 Å². The topological polar surface area (TPSA) is 126 Å². The van der Waals surface area contributed by atoms with Crippen LogP contribution >= 0.6 is 15.9 Å². The molecule has 3 aromatic rings. The summed E-state index contributed by atoms with van der Waals surface area (Å²) in [6.07, 6.45) is 1.58. The Bertz CT molecular complexity index is 1250. The van der Waals surface area contributed by atoms with Crippen molar-refractivity contribution in [3.63, 3.8) is 0 Å². The number of pyridine rings is 1. The van der Waals surface area contributed by atoms with E-state index in [2.05, 4.69) is 30.7 Å². The van der Waals surface area contributed by atoms with Crippen LogP contribution in [0.1, 0.15) is 16.8 Å². The van der Waals surface area contributed by atoms with Gasteiger partial charge in [-0.3, -0.25) is 19.9 Å². The summed E-state index contributed by atoms with van der Waals surface area (Å²) in [7, 11) is 1.09. The summed E-state index contributed by atoms with van der Waals surface area (Å²) in [5, 5.41) is 15.3. The second-order valence-corrected chi connectivity index (χ2v) is 7.18. The van der Waals surface area contributed by atoms with Gasteiger partial charge >= 0.3 is 11.8 Å². The average Bonchev–Trinajstić information content (AvgIpc) is 2.72. The van der Waals surface area contributed by atoms with Gasteiger partial charge in [-0.1, -0.05) is 0 Å². The number of nitro benzene ring substituents is 1. The molecule has 31 heavy (non-hydrogen) atoms. The fraction of sp³-hybridized carbons (Fsp3) is 0.158. The first kappa shape index (κ1) is 22.0. The molecule has 0 atom stereocenters. The lowest BCUT2D eigenvalue weighted by atomic mass is 10.1. The van der Waals surface area contributed by atoms with E-state index in [4.69, 9.17) is 4.74 Å². The Hall–Kier alpha value is -3.67.